The summed E-state index contributed by atoms with van der Waals surface area (Å²) >= 11 is 0. The van der Waals surface area contributed by atoms with E-state index < -0.39 is 11.9 Å². The van der Waals surface area contributed by atoms with Crippen molar-refractivity contribution in [3.05, 3.63) is 36.6 Å². The van der Waals surface area contributed by atoms with Gasteiger partial charge in [0.2, 0.25) is 0 Å². The molecule has 0 aliphatic heterocycles. The number of rotatable bonds is 6. The van der Waals surface area contributed by atoms with Crippen molar-refractivity contribution in [3.63, 3.8) is 0 Å². The van der Waals surface area contributed by atoms with Crippen LogP contribution in [-0.4, -0.2) is 32.7 Å². The van der Waals surface area contributed by atoms with Gasteiger partial charge < -0.3 is 14.8 Å². The Morgan fingerprint density at radius 1 is 1.25 bits per heavy atom. The highest BCUT2D eigenvalue weighted by molar-refractivity contribution is 5.93. The van der Waals surface area contributed by atoms with Gasteiger partial charge in [-0.15, -0.1) is 6.58 Å². The van der Waals surface area contributed by atoms with Crippen LogP contribution in [0.25, 0.3) is 0 Å². The fourth-order valence-electron chi connectivity index (χ4n) is 0.771. The molecular formula is C11H15NO4. The van der Waals surface area contributed by atoms with E-state index in [2.05, 4.69) is 21.4 Å². The fourth-order valence-corrected chi connectivity index (χ4v) is 0.771. The van der Waals surface area contributed by atoms with E-state index in [9.17, 15) is 9.59 Å². The molecule has 88 valence electrons. The van der Waals surface area contributed by atoms with Crippen molar-refractivity contribution in [1.82, 2.24) is 5.32 Å². The molecule has 0 aromatic rings. The van der Waals surface area contributed by atoms with E-state index in [-0.39, 0.29) is 5.57 Å². The predicted octanol–water partition coefficient (Wildman–Crippen LogP) is 0.548. The minimum atomic E-state index is -0.545. The lowest BCUT2D eigenvalue weighted by atomic mass is 10.2. The van der Waals surface area contributed by atoms with Gasteiger partial charge in [0, 0.05) is 18.8 Å². The Hall–Kier alpha value is -2.04. The van der Waals surface area contributed by atoms with E-state index in [1.807, 2.05) is 0 Å². The molecule has 0 heterocycles. The first-order chi connectivity index (χ1) is 7.65. The zero-order valence-electron chi connectivity index (χ0n) is 9.36. The first-order valence-electron chi connectivity index (χ1n) is 4.54. The van der Waals surface area contributed by atoms with Crippen molar-refractivity contribution in [1.29, 1.82) is 0 Å². The average Bonchev–Trinajstić information content (AvgIpc) is 2.32. The van der Waals surface area contributed by atoms with Crippen LogP contribution < -0.4 is 5.32 Å². The molecule has 5 nitrogen and oxygen atoms in total. The second-order valence-electron chi connectivity index (χ2n) is 2.64. The topological polar surface area (TPSA) is 64.6 Å². The highest BCUT2D eigenvalue weighted by atomic mass is 16.5. The van der Waals surface area contributed by atoms with Gasteiger partial charge in [0.25, 0.3) is 0 Å². The van der Waals surface area contributed by atoms with Crippen molar-refractivity contribution in [2.45, 2.75) is 0 Å². The summed E-state index contributed by atoms with van der Waals surface area (Å²) in [6.07, 6.45) is 5.52. The summed E-state index contributed by atoms with van der Waals surface area (Å²) in [4.78, 5) is 22.1. The van der Waals surface area contributed by atoms with Crippen LogP contribution in [0.4, 0.5) is 0 Å². The number of carbonyl (C=O) groups excluding carboxylic acids is 2. The highest BCUT2D eigenvalue weighted by Gasteiger charge is 2.06. The Morgan fingerprint density at radius 2 is 1.94 bits per heavy atom. The average molecular weight is 225 g/mol. The molecule has 0 saturated carbocycles. The van der Waals surface area contributed by atoms with Crippen molar-refractivity contribution < 1.29 is 19.1 Å². The molecule has 0 amide bonds. The summed E-state index contributed by atoms with van der Waals surface area (Å²) in [5, 5.41) is 2.81. The van der Waals surface area contributed by atoms with Crippen molar-refractivity contribution in [2.24, 2.45) is 0 Å². The monoisotopic (exact) mass is 225 g/mol. The molecule has 0 aliphatic rings. The van der Waals surface area contributed by atoms with E-state index in [0.717, 1.165) is 6.08 Å². The first kappa shape index (κ1) is 14.0. The maximum Gasteiger partial charge on any atom is 0.339 e. The zero-order chi connectivity index (χ0) is 12.4. The van der Waals surface area contributed by atoms with E-state index in [1.54, 1.807) is 6.08 Å². The molecule has 0 aromatic heterocycles. The third-order valence-corrected chi connectivity index (χ3v) is 1.54. The van der Waals surface area contributed by atoms with Gasteiger partial charge in [-0.25, -0.2) is 9.59 Å². The summed E-state index contributed by atoms with van der Waals surface area (Å²) in [5.41, 5.74) is 0.217. The molecule has 0 spiro atoms. The number of esters is 2. The number of carbonyl (C=O) groups is 2. The van der Waals surface area contributed by atoms with Crippen LogP contribution in [0.2, 0.25) is 0 Å². The molecule has 0 bridgehead atoms. The highest BCUT2D eigenvalue weighted by Crippen LogP contribution is 1.99. The molecular weight excluding hydrogens is 210 g/mol. The molecule has 0 radical (unpaired) electrons. The summed E-state index contributed by atoms with van der Waals surface area (Å²) in [6.45, 7) is 4.02. The normalized spacial score (nSPS) is 11.0. The van der Waals surface area contributed by atoms with Crippen LogP contribution in [-0.2, 0) is 19.1 Å². The third kappa shape index (κ3) is 5.64. The van der Waals surface area contributed by atoms with Gasteiger partial charge in [-0.1, -0.05) is 6.08 Å². The van der Waals surface area contributed by atoms with Crippen LogP contribution in [0.5, 0.6) is 0 Å². The molecule has 1 N–H and O–H groups in total. The lowest BCUT2D eigenvalue weighted by Gasteiger charge is -2.01. The lowest BCUT2D eigenvalue weighted by molar-refractivity contribution is -0.135. The molecule has 0 rings (SSSR count). The van der Waals surface area contributed by atoms with E-state index in [4.69, 9.17) is 0 Å². The van der Waals surface area contributed by atoms with E-state index in [0.29, 0.717) is 6.54 Å². The molecule has 0 aromatic carbocycles. The molecule has 0 fully saturated rings. The Balaban J connectivity index is 4.60. The second kappa shape index (κ2) is 8.28. The summed E-state index contributed by atoms with van der Waals surface area (Å²) in [7, 11) is 2.51. The van der Waals surface area contributed by atoms with Gasteiger partial charge in [-0.3, -0.25) is 0 Å². The maximum absolute atomic E-state index is 11.2. The number of hydrogen-bond donors (Lipinski definition) is 1. The number of hydrogen-bond acceptors (Lipinski definition) is 5. The van der Waals surface area contributed by atoms with Crippen LogP contribution in [0.1, 0.15) is 0 Å². The van der Waals surface area contributed by atoms with Gasteiger partial charge in [-0.05, 0) is 6.08 Å². The standard InChI is InChI=1S/C11H15NO4/c1-4-7-12-8-9(11(14)16-3)5-6-10(13)15-2/h4-6,8,12H,1,7H2,2-3H3/b6-5+,9-8-. The zero-order valence-corrected chi connectivity index (χ0v) is 9.36. The van der Waals surface area contributed by atoms with Crippen LogP contribution in [0, 0.1) is 0 Å². The van der Waals surface area contributed by atoms with Crippen LogP contribution >= 0.6 is 0 Å². The third-order valence-electron chi connectivity index (χ3n) is 1.54. The minimum absolute atomic E-state index is 0.217. The predicted molar refractivity (Wildman–Crippen MR) is 59.5 cm³/mol. The van der Waals surface area contributed by atoms with Crippen molar-refractivity contribution >= 4 is 11.9 Å². The first-order valence-corrected chi connectivity index (χ1v) is 4.54. The molecule has 0 atom stereocenters. The number of nitrogens with one attached hydrogen (secondary N) is 1. The largest absolute Gasteiger partial charge is 0.466 e. The Labute approximate surface area is 94.4 Å². The Bertz CT molecular complexity index is 318. The van der Waals surface area contributed by atoms with Gasteiger partial charge in [0.1, 0.15) is 0 Å². The minimum Gasteiger partial charge on any atom is -0.466 e. The number of methoxy groups -OCH3 is 2. The van der Waals surface area contributed by atoms with Gasteiger partial charge in [0.05, 0.1) is 19.8 Å². The molecule has 0 aliphatic carbocycles. The van der Waals surface area contributed by atoms with Crippen molar-refractivity contribution in [2.75, 3.05) is 20.8 Å². The number of ether oxygens (including phenoxy) is 2. The molecule has 0 unspecified atom stereocenters. The maximum atomic E-state index is 11.2. The second-order valence-corrected chi connectivity index (χ2v) is 2.64. The van der Waals surface area contributed by atoms with Crippen LogP contribution in [0.3, 0.4) is 0 Å². The Kier molecular flexibility index (Phi) is 7.23. The molecule has 5 heteroatoms. The van der Waals surface area contributed by atoms with Gasteiger partial charge >= 0.3 is 11.9 Å². The fraction of sp³-hybridized carbons (Fsp3) is 0.273. The SMILES string of the molecule is C=CCN/C=C(/C=C/C(=O)OC)C(=O)OC. The van der Waals surface area contributed by atoms with Gasteiger partial charge in [-0.2, -0.15) is 0 Å². The van der Waals surface area contributed by atoms with Crippen molar-refractivity contribution in [3.8, 4) is 0 Å². The van der Waals surface area contributed by atoms with Gasteiger partial charge in [0.15, 0.2) is 0 Å². The summed E-state index contributed by atoms with van der Waals surface area (Å²) < 4.78 is 8.93. The Morgan fingerprint density at radius 3 is 2.44 bits per heavy atom. The van der Waals surface area contributed by atoms with Crippen LogP contribution in [0.15, 0.2) is 36.6 Å². The van der Waals surface area contributed by atoms with E-state index in [1.165, 1.54) is 26.5 Å². The lowest BCUT2D eigenvalue weighted by Crippen LogP contribution is -2.11. The van der Waals surface area contributed by atoms with E-state index >= 15 is 0 Å². The smallest absolute Gasteiger partial charge is 0.339 e. The molecule has 0 saturated heterocycles. The summed E-state index contributed by atoms with van der Waals surface area (Å²) in [5.74, 6) is -1.09. The molecule has 16 heavy (non-hydrogen) atoms. The quantitative estimate of drug-likeness (QED) is 0.235. The summed E-state index contributed by atoms with van der Waals surface area (Å²) in [6, 6.07) is 0.